The Morgan fingerprint density at radius 2 is 1.51 bits per heavy atom. The van der Waals surface area contributed by atoms with E-state index in [1.54, 1.807) is 6.07 Å². The first-order valence-electron chi connectivity index (χ1n) is 13.9. The molecule has 2 amide bonds. The highest BCUT2D eigenvalue weighted by atomic mass is 16.8. The summed E-state index contributed by atoms with van der Waals surface area (Å²) in [5.74, 6) is -1.90. The van der Waals surface area contributed by atoms with E-state index in [2.05, 4.69) is 10.4 Å². The highest BCUT2D eigenvalue weighted by Gasteiger charge is 2.47. The van der Waals surface area contributed by atoms with Gasteiger partial charge in [-0.1, -0.05) is 0 Å². The molecule has 0 radical (unpaired) electrons. The lowest BCUT2D eigenvalue weighted by atomic mass is 9.96. The molecule has 5 aromatic rings. The quantitative estimate of drug-likeness (QED) is 0.0929. The summed E-state index contributed by atoms with van der Waals surface area (Å²) >= 11 is 0. The number of nitrogens with zero attached hydrogens (tertiary/aromatic N) is 2. The number of hydrazine groups is 1. The van der Waals surface area contributed by atoms with Crippen molar-refractivity contribution in [1.29, 1.82) is 0 Å². The molecule has 2 aliphatic heterocycles. The van der Waals surface area contributed by atoms with Gasteiger partial charge in [-0.25, -0.2) is 10.4 Å². The van der Waals surface area contributed by atoms with Gasteiger partial charge in [0, 0.05) is 33.7 Å². The lowest BCUT2D eigenvalue weighted by molar-refractivity contribution is -0.298. The zero-order chi connectivity index (χ0) is 31.9. The third kappa shape index (κ3) is 4.16. The number of aromatic amines is 1. The van der Waals surface area contributed by atoms with Gasteiger partial charge in [-0.3, -0.25) is 9.59 Å². The molecule has 45 heavy (non-hydrogen) atoms. The van der Waals surface area contributed by atoms with E-state index in [0.717, 1.165) is 4.73 Å². The predicted molar refractivity (Wildman–Crippen MR) is 154 cm³/mol. The molecule has 10 N–H and O–H groups in total. The fraction of sp³-hybridized carbons (Fsp3) is 0.310. The maximum Gasteiger partial charge on any atom is 0.276 e. The Kier molecular flexibility index (Phi) is 6.84. The summed E-state index contributed by atoms with van der Waals surface area (Å²) in [4.78, 5) is 37.3. The predicted octanol–water partition coefficient (Wildman–Crippen LogP) is -1.48. The summed E-state index contributed by atoms with van der Waals surface area (Å²) in [6, 6.07) is 7.45. The summed E-state index contributed by atoms with van der Waals surface area (Å²) in [5.41, 5.74) is 3.38. The molecule has 2 aliphatic rings. The summed E-state index contributed by atoms with van der Waals surface area (Å²) in [7, 11) is 0. The average Bonchev–Trinajstić information content (AvgIpc) is 3.63. The van der Waals surface area contributed by atoms with Crippen molar-refractivity contribution in [2.24, 2.45) is 0 Å². The van der Waals surface area contributed by atoms with Crippen LogP contribution in [0.4, 0.5) is 0 Å². The second kappa shape index (κ2) is 10.5. The van der Waals surface area contributed by atoms with E-state index in [-0.39, 0.29) is 49.9 Å². The van der Waals surface area contributed by atoms with Crippen LogP contribution in [-0.2, 0) is 4.74 Å². The number of amides is 2. The van der Waals surface area contributed by atoms with Gasteiger partial charge >= 0.3 is 0 Å². The minimum atomic E-state index is -1.81. The van der Waals surface area contributed by atoms with Crippen LogP contribution in [0.1, 0.15) is 20.7 Å². The first-order valence-corrected chi connectivity index (χ1v) is 13.9. The summed E-state index contributed by atoms with van der Waals surface area (Å²) in [6.45, 7) is -1.90. The number of phenols is 2. The van der Waals surface area contributed by atoms with Crippen LogP contribution in [-0.4, -0.2) is 124 Å². The second-order valence-corrected chi connectivity index (χ2v) is 11.0. The van der Waals surface area contributed by atoms with Gasteiger partial charge in [0.1, 0.15) is 41.4 Å². The third-order valence-electron chi connectivity index (χ3n) is 8.32. The number of fused-ring (bicyclic) bond motifs is 10. The number of H-pyrrole nitrogens is 1. The van der Waals surface area contributed by atoms with Crippen molar-refractivity contribution in [1.82, 2.24) is 20.1 Å². The molecule has 5 atom stereocenters. The molecule has 2 aromatic heterocycles. The van der Waals surface area contributed by atoms with Crippen molar-refractivity contribution in [2.75, 3.05) is 19.8 Å². The standard InChI is InChI=1S/C29H28N4O12/c34-7-10(8-35)31-32-27(42)20-18-13-3-1-11(37)5-15(13)30-22(18)23-19(21(20)28(32)43)14-4-2-12(38)6-16(14)33(23)45-29-26(41)25(40)24(39)17(9-36)44-29/h1-6,10,17,24-26,29-31,34-41H,7-9H2/t17-,24-,25+,26-,29+/m1/s1. The molecule has 16 heteroatoms. The minimum absolute atomic E-state index is 0.0264. The van der Waals surface area contributed by atoms with Gasteiger partial charge in [0.15, 0.2) is 0 Å². The van der Waals surface area contributed by atoms with Gasteiger partial charge in [0.05, 0.1) is 53.5 Å². The van der Waals surface area contributed by atoms with Crippen molar-refractivity contribution in [3.63, 3.8) is 0 Å². The minimum Gasteiger partial charge on any atom is -0.508 e. The molecule has 4 heterocycles. The van der Waals surface area contributed by atoms with Gasteiger partial charge in [0.2, 0.25) is 0 Å². The van der Waals surface area contributed by atoms with Crippen molar-refractivity contribution < 1.29 is 60.0 Å². The van der Waals surface area contributed by atoms with Gasteiger partial charge in [-0.15, -0.1) is 0 Å². The number of rotatable bonds is 7. The van der Waals surface area contributed by atoms with Gasteiger partial charge < -0.3 is 55.4 Å². The largest absolute Gasteiger partial charge is 0.508 e. The van der Waals surface area contributed by atoms with Crippen LogP contribution < -0.4 is 10.3 Å². The van der Waals surface area contributed by atoms with Gasteiger partial charge in [0.25, 0.3) is 18.1 Å². The molecule has 1 fully saturated rings. The molecule has 236 valence electrons. The molecule has 7 rings (SSSR count). The number of hydrogen-bond acceptors (Lipinski definition) is 13. The SMILES string of the molecule is O=C1c2c(c3c4ccc(O)cc4n(O[C@@H]4O[C@H](CO)[C@@H](O)[C@H](O)[C@H]4O)c3c3[nH]c4cc(O)ccc4c23)C(=O)N1NC(CO)CO. The summed E-state index contributed by atoms with van der Waals surface area (Å²) < 4.78 is 6.74. The van der Waals surface area contributed by atoms with E-state index in [4.69, 9.17) is 9.57 Å². The van der Waals surface area contributed by atoms with E-state index in [1.807, 2.05) is 0 Å². The number of hydrogen-bond donors (Lipinski definition) is 10. The monoisotopic (exact) mass is 624 g/mol. The van der Waals surface area contributed by atoms with Crippen LogP contribution in [0.15, 0.2) is 36.4 Å². The lowest BCUT2D eigenvalue weighted by Crippen LogP contribution is -2.61. The van der Waals surface area contributed by atoms with E-state index < -0.39 is 68.4 Å². The molecule has 1 saturated heterocycles. The third-order valence-corrected chi connectivity index (χ3v) is 8.32. The number of imide groups is 1. The van der Waals surface area contributed by atoms with Crippen LogP contribution in [0.25, 0.3) is 43.6 Å². The molecule has 3 aromatic carbocycles. The molecule has 0 spiro atoms. The fourth-order valence-electron chi connectivity index (χ4n) is 6.15. The zero-order valence-corrected chi connectivity index (χ0v) is 23.2. The number of carbonyl (C=O) groups is 2. The van der Waals surface area contributed by atoms with Crippen LogP contribution in [0.5, 0.6) is 11.5 Å². The number of benzene rings is 3. The van der Waals surface area contributed by atoms with Crippen molar-refractivity contribution >= 4 is 55.4 Å². The molecule has 0 saturated carbocycles. The highest BCUT2D eigenvalue weighted by Crippen LogP contribution is 2.45. The maximum absolute atomic E-state index is 14.0. The summed E-state index contributed by atoms with van der Waals surface area (Å²) in [5, 5.41) is 83.0. The lowest BCUT2D eigenvalue weighted by Gasteiger charge is -2.39. The number of ether oxygens (including phenoxy) is 1. The topological polar surface area (TPSA) is 250 Å². The number of aromatic nitrogens is 2. The molecular weight excluding hydrogens is 596 g/mol. The Bertz CT molecular complexity index is 2020. The van der Waals surface area contributed by atoms with Crippen molar-refractivity contribution in [2.45, 2.75) is 36.7 Å². The Morgan fingerprint density at radius 1 is 0.867 bits per heavy atom. The molecule has 0 unspecified atom stereocenters. The highest BCUT2D eigenvalue weighted by molar-refractivity contribution is 6.39. The Labute approximate surface area is 251 Å². The first kappa shape index (κ1) is 29.2. The second-order valence-electron chi connectivity index (χ2n) is 11.0. The molecular formula is C29H28N4O12. The number of phenolic OH excluding ortho intramolecular Hbond substituents is 2. The Balaban J connectivity index is 1.57. The zero-order valence-electron chi connectivity index (χ0n) is 23.2. The van der Waals surface area contributed by atoms with Crippen LogP contribution in [0.3, 0.4) is 0 Å². The van der Waals surface area contributed by atoms with Crippen LogP contribution in [0.2, 0.25) is 0 Å². The van der Waals surface area contributed by atoms with Gasteiger partial charge in [-0.05, 0) is 24.3 Å². The maximum atomic E-state index is 14.0. The average molecular weight is 625 g/mol. The molecule has 16 nitrogen and oxygen atoms in total. The number of aromatic hydroxyl groups is 2. The number of carbonyl (C=O) groups excluding carboxylic acids is 2. The first-order chi connectivity index (χ1) is 21.6. The van der Waals surface area contributed by atoms with E-state index in [1.165, 1.54) is 30.3 Å². The van der Waals surface area contributed by atoms with Crippen LogP contribution in [0, 0.1) is 0 Å². The number of aliphatic hydroxyl groups excluding tert-OH is 6. The number of nitrogens with one attached hydrogen (secondary N) is 2. The van der Waals surface area contributed by atoms with Gasteiger partial charge in [-0.2, -0.15) is 4.73 Å². The normalized spacial score (nSPS) is 23.8. The van der Waals surface area contributed by atoms with Crippen molar-refractivity contribution in [3.8, 4) is 11.5 Å². The Hall–Kier alpha value is -4.52. The molecule has 0 bridgehead atoms. The fourth-order valence-corrected chi connectivity index (χ4v) is 6.15. The van der Waals surface area contributed by atoms with Crippen molar-refractivity contribution in [3.05, 3.63) is 47.5 Å². The Morgan fingerprint density at radius 3 is 2.18 bits per heavy atom. The van der Waals surface area contributed by atoms with Crippen LogP contribution >= 0.6 is 0 Å². The van der Waals surface area contributed by atoms with E-state index in [9.17, 15) is 50.4 Å². The number of aliphatic hydroxyl groups is 6. The van der Waals surface area contributed by atoms with E-state index >= 15 is 0 Å². The smallest absolute Gasteiger partial charge is 0.276 e. The summed E-state index contributed by atoms with van der Waals surface area (Å²) in [6.07, 6.45) is -8.22. The molecule has 0 aliphatic carbocycles. The van der Waals surface area contributed by atoms with E-state index in [0.29, 0.717) is 21.3 Å².